The zero-order valence-electron chi connectivity index (χ0n) is 10.5. The molecule has 0 saturated carbocycles. The van der Waals surface area contributed by atoms with Gasteiger partial charge in [0.25, 0.3) is 0 Å². The summed E-state index contributed by atoms with van der Waals surface area (Å²) in [6.45, 7) is 1.91. The van der Waals surface area contributed by atoms with E-state index in [1.54, 1.807) is 6.07 Å². The summed E-state index contributed by atoms with van der Waals surface area (Å²) in [5.74, 6) is -0.00885. The van der Waals surface area contributed by atoms with Crippen LogP contribution in [0.1, 0.15) is 16.8 Å². The van der Waals surface area contributed by atoms with Crippen molar-refractivity contribution in [2.24, 2.45) is 5.73 Å². The Morgan fingerprint density at radius 1 is 1.53 bits per heavy atom. The quantitative estimate of drug-likeness (QED) is 0.792. The molecular weight excluding hydrogens is 262 g/mol. The van der Waals surface area contributed by atoms with E-state index in [-0.39, 0.29) is 18.2 Å². The van der Waals surface area contributed by atoms with E-state index in [0.29, 0.717) is 11.6 Å². The van der Waals surface area contributed by atoms with E-state index in [0.717, 1.165) is 16.8 Å². The van der Waals surface area contributed by atoms with Crippen LogP contribution >= 0.6 is 11.3 Å². The third kappa shape index (κ3) is 3.52. The van der Waals surface area contributed by atoms with Crippen molar-refractivity contribution in [3.8, 4) is 5.75 Å². The van der Waals surface area contributed by atoms with E-state index in [2.05, 4.69) is 10.3 Å². The summed E-state index contributed by atoms with van der Waals surface area (Å²) in [5.41, 5.74) is 7.93. The molecule has 100 valence electrons. The Morgan fingerprint density at radius 3 is 3.05 bits per heavy atom. The van der Waals surface area contributed by atoms with Crippen LogP contribution in [0.3, 0.4) is 0 Å². The molecule has 0 spiro atoms. The van der Waals surface area contributed by atoms with Gasteiger partial charge >= 0.3 is 0 Å². The number of nitrogens with one attached hydrogen (secondary N) is 1. The first-order valence-corrected chi connectivity index (χ1v) is 6.69. The van der Waals surface area contributed by atoms with Gasteiger partial charge in [0.1, 0.15) is 5.75 Å². The maximum absolute atomic E-state index is 11.1. The van der Waals surface area contributed by atoms with E-state index in [9.17, 15) is 9.90 Å². The summed E-state index contributed by atoms with van der Waals surface area (Å²) in [6, 6.07) is 5.45. The first-order valence-electron chi connectivity index (χ1n) is 5.81. The summed E-state index contributed by atoms with van der Waals surface area (Å²) < 4.78 is 0. The summed E-state index contributed by atoms with van der Waals surface area (Å²) in [7, 11) is 0. The Labute approximate surface area is 115 Å². The number of hydrogen-bond acceptors (Lipinski definition) is 5. The summed E-state index contributed by atoms with van der Waals surface area (Å²) in [6.07, 6.45) is 0.530. The van der Waals surface area contributed by atoms with Crippen LogP contribution in [0.5, 0.6) is 5.75 Å². The third-order valence-corrected chi connectivity index (χ3v) is 3.40. The Balaban J connectivity index is 2.11. The van der Waals surface area contributed by atoms with Crippen LogP contribution in [-0.4, -0.2) is 22.5 Å². The number of benzene rings is 1. The molecule has 0 unspecified atom stereocenters. The van der Waals surface area contributed by atoms with Crippen molar-refractivity contribution in [1.82, 2.24) is 4.98 Å². The molecule has 1 heterocycles. The molecule has 0 aliphatic carbocycles. The number of phenols is 1. The maximum atomic E-state index is 11.1. The molecule has 0 atom stereocenters. The number of anilines is 1. The lowest BCUT2D eigenvalue weighted by Crippen LogP contribution is -2.21. The van der Waals surface area contributed by atoms with Crippen molar-refractivity contribution >= 4 is 22.4 Å². The molecule has 5 nitrogen and oxygen atoms in total. The molecule has 0 bridgehead atoms. The maximum Gasteiger partial charge on any atom is 0.239 e. The standard InChI is InChI=1S/C13H15N3O2S/c1-8-2-3-11(17)9(4-8)5-10-7-19-13(15-10)16-12(18)6-14/h2-4,7,17H,5-6,14H2,1H3,(H,15,16,18). The molecule has 4 N–H and O–H groups in total. The van der Waals surface area contributed by atoms with E-state index >= 15 is 0 Å². The Kier molecular flexibility index (Phi) is 4.13. The fourth-order valence-electron chi connectivity index (χ4n) is 1.67. The van der Waals surface area contributed by atoms with Gasteiger partial charge in [-0.25, -0.2) is 4.98 Å². The smallest absolute Gasteiger partial charge is 0.239 e. The van der Waals surface area contributed by atoms with Crippen molar-refractivity contribution in [2.75, 3.05) is 11.9 Å². The highest BCUT2D eigenvalue weighted by Gasteiger charge is 2.08. The largest absolute Gasteiger partial charge is 0.508 e. The molecule has 0 fully saturated rings. The SMILES string of the molecule is Cc1ccc(O)c(Cc2csc(NC(=O)CN)n2)c1. The number of nitrogens with two attached hydrogens (primary N) is 1. The number of rotatable bonds is 4. The van der Waals surface area contributed by atoms with Gasteiger partial charge in [-0.2, -0.15) is 0 Å². The monoisotopic (exact) mass is 277 g/mol. The molecule has 6 heteroatoms. The van der Waals surface area contributed by atoms with Crippen molar-refractivity contribution in [3.63, 3.8) is 0 Å². The highest BCUT2D eigenvalue weighted by Crippen LogP contribution is 2.23. The highest BCUT2D eigenvalue weighted by atomic mass is 32.1. The average Bonchev–Trinajstić information content (AvgIpc) is 2.81. The number of aromatic nitrogens is 1. The normalized spacial score (nSPS) is 10.4. The van der Waals surface area contributed by atoms with Gasteiger partial charge in [0, 0.05) is 17.4 Å². The third-order valence-electron chi connectivity index (χ3n) is 2.59. The number of aryl methyl sites for hydroxylation is 1. The molecule has 2 aromatic rings. The Hall–Kier alpha value is -1.92. The number of aromatic hydroxyl groups is 1. The fraction of sp³-hybridized carbons (Fsp3) is 0.231. The fourth-order valence-corrected chi connectivity index (χ4v) is 2.39. The predicted molar refractivity (Wildman–Crippen MR) is 75.4 cm³/mol. The van der Waals surface area contributed by atoms with Gasteiger partial charge < -0.3 is 16.2 Å². The number of hydrogen-bond donors (Lipinski definition) is 3. The van der Waals surface area contributed by atoms with Crippen LogP contribution in [0.2, 0.25) is 0 Å². The minimum absolute atomic E-state index is 0.0619. The van der Waals surface area contributed by atoms with Gasteiger partial charge in [0.05, 0.1) is 12.2 Å². The van der Waals surface area contributed by atoms with Gasteiger partial charge in [0.15, 0.2) is 5.13 Å². The van der Waals surface area contributed by atoms with Gasteiger partial charge in [-0.05, 0) is 13.0 Å². The molecule has 19 heavy (non-hydrogen) atoms. The van der Waals surface area contributed by atoms with Gasteiger partial charge in [-0.15, -0.1) is 11.3 Å². The van der Waals surface area contributed by atoms with Crippen LogP contribution < -0.4 is 11.1 Å². The molecule has 0 radical (unpaired) electrons. The minimum atomic E-state index is -0.265. The van der Waals surface area contributed by atoms with Crippen molar-refractivity contribution in [1.29, 1.82) is 0 Å². The number of carbonyl (C=O) groups is 1. The van der Waals surface area contributed by atoms with Crippen LogP contribution in [0, 0.1) is 6.92 Å². The number of thiazole rings is 1. The molecule has 1 aromatic heterocycles. The lowest BCUT2D eigenvalue weighted by Gasteiger charge is -2.03. The van der Waals surface area contributed by atoms with Gasteiger partial charge in [-0.1, -0.05) is 17.7 Å². The average molecular weight is 277 g/mol. The topological polar surface area (TPSA) is 88.2 Å². The number of carbonyl (C=O) groups excluding carboxylic acids is 1. The lowest BCUT2D eigenvalue weighted by atomic mass is 10.1. The predicted octanol–water partition coefficient (Wildman–Crippen LogP) is 1.65. The Morgan fingerprint density at radius 2 is 2.32 bits per heavy atom. The molecule has 2 rings (SSSR count). The zero-order valence-corrected chi connectivity index (χ0v) is 11.3. The van der Waals surface area contributed by atoms with E-state index in [1.165, 1.54) is 11.3 Å². The van der Waals surface area contributed by atoms with Crippen LogP contribution in [0.25, 0.3) is 0 Å². The summed E-state index contributed by atoms with van der Waals surface area (Å²) in [4.78, 5) is 15.4. The van der Waals surface area contributed by atoms with Crippen molar-refractivity contribution in [2.45, 2.75) is 13.3 Å². The van der Waals surface area contributed by atoms with Gasteiger partial charge in [-0.3, -0.25) is 4.79 Å². The number of nitrogens with zero attached hydrogens (tertiary/aromatic N) is 1. The van der Waals surface area contributed by atoms with E-state index in [1.807, 2.05) is 24.4 Å². The summed E-state index contributed by atoms with van der Waals surface area (Å²) >= 11 is 1.34. The molecule has 1 aromatic carbocycles. The highest BCUT2D eigenvalue weighted by molar-refractivity contribution is 7.13. The van der Waals surface area contributed by atoms with Crippen molar-refractivity contribution in [3.05, 3.63) is 40.4 Å². The second kappa shape index (κ2) is 5.81. The Bertz CT molecular complexity index is 595. The van der Waals surface area contributed by atoms with Crippen molar-refractivity contribution < 1.29 is 9.90 Å². The second-order valence-corrected chi connectivity index (χ2v) is 5.06. The van der Waals surface area contributed by atoms with Crippen LogP contribution in [0.15, 0.2) is 23.6 Å². The minimum Gasteiger partial charge on any atom is -0.508 e. The van der Waals surface area contributed by atoms with E-state index in [4.69, 9.17) is 5.73 Å². The molecule has 0 aliphatic rings. The van der Waals surface area contributed by atoms with Gasteiger partial charge in [0.2, 0.25) is 5.91 Å². The lowest BCUT2D eigenvalue weighted by molar-refractivity contribution is -0.114. The van der Waals surface area contributed by atoms with Crippen LogP contribution in [0.4, 0.5) is 5.13 Å². The summed E-state index contributed by atoms with van der Waals surface area (Å²) in [5, 5.41) is 14.8. The molecule has 0 aliphatic heterocycles. The first kappa shape index (κ1) is 13.5. The number of amides is 1. The zero-order chi connectivity index (χ0) is 13.8. The first-order chi connectivity index (χ1) is 9.08. The molecule has 0 saturated heterocycles. The molecule has 1 amide bonds. The second-order valence-electron chi connectivity index (χ2n) is 4.21. The number of phenolic OH excluding ortho intramolecular Hbond substituents is 1. The van der Waals surface area contributed by atoms with E-state index < -0.39 is 0 Å². The molecular formula is C13H15N3O2S. The van der Waals surface area contributed by atoms with Crippen LogP contribution in [-0.2, 0) is 11.2 Å².